The van der Waals surface area contributed by atoms with Crippen LogP contribution in [0.1, 0.15) is 5.69 Å². The molecule has 34 heavy (non-hydrogen) atoms. The molecule has 0 spiro atoms. The number of nitrogens with zero attached hydrogens (tertiary/aromatic N) is 5. The summed E-state index contributed by atoms with van der Waals surface area (Å²) in [5.41, 5.74) is 0.0448. The minimum Gasteiger partial charge on any atom is -0.354 e. The number of halogens is 5. The molecule has 7 nitrogen and oxygen atoms in total. The molecule has 0 fully saturated rings. The van der Waals surface area contributed by atoms with Gasteiger partial charge in [0.15, 0.2) is 22.8 Å². The Balaban J connectivity index is 1.76. The zero-order chi connectivity index (χ0) is 24.0. The van der Waals surface area contributed by atoms with Crippen LogP contribution in [0.15, 0.2) is 70.1 Å². The van der Waals surface area contributed by atoms with Gasteiger partial charge in [-0.15, -0.1) is 10.2 Å². The maximum absolute atomic E-state index is 13.1. The van der Waals surface area contributed by atoms with Gasteiger partial charge in [0, 0.05) is 27.2 Å². The van der Waals surface area contributed by atoms with Crippen molar-refractivity contribution in [1.82, 2.24) is 25.0 Å². The summed E-state index contributed by atoms with van der Waals surface area (Å²) in [4.78, 5) is 13.1. The highest BCUT2D eigenvalue weighted by molar-refractivity contribution is 6.31. The molecule has 3 aromatic heterocycles. The van der Waals surface area contributed by atoms with E-state index in [1.165, 1.54) is 6.20 Å². The van der Waals surface area contributed by atoms with Crippen molar-refractivity contribution in [2.24, 2.45) is 0 Å². The average molecular weight is 504 g/mol. The van der Waals surface area contributed by atoms with E-state index in [4.69, 9.17) is 27.7 Å². The van der Waals surface area contributed by atoms with Crippen molar-refractivity contribution >= 4 is 28.8 Å². The molecule has 0 saturated heterocycles. The Morgan fingerprint density at radius 1 is 0.882 bits per heavy atom. The Kier molecular flexibility index (Phi) is 5.34. The Morgan fingerprint density at radius 3 is 2.09 bits per heavy atom. The fourth-order valence-corrected chi connectivity index (χ4v) is 3.62. The van der Waals surface area contributed by atoms with E-state index in [9.17, 15) is 18.0 Å². The van der Waals surface area contributed by atoms with E-state index in [0.717, 1.165) is 10.1 Å². The molecule has 0 amide bonds. The molecule has 5 rings (SSSR count). The first-order valence-electron chi connectivity index (χ1n) is 9.57. The van der Waals surface area contributed by atoms with Crippen LogP contribution in [0.5, 0.6) is 0 Å². The first-order chi connectivity index (χ1) is 16.2. The van der Waals surface area contributed by atoms with Gasteiger partial charge < -0.3 is 4.52 Å². The molecule has 3 heterocycles. The predicted molar refractivity (Wildman–Crippen MR) is 118 cm³/mol. The maximum atomic E-state index is 13.1. The van der Waals surface area contributed by atoms with E-state index in [2.05, 4.69) is 20.5 Å². The van der Waals surface area contributed by atoms with Crippen molar-refractivity contribution in [3.8, 4) is 33.7 Å². The lowest BCUT2D eigenvalue weighted by Gasteiger charge is -2.13. The second kappa shape index (κ2) is 8.23. The van der Waals surface area contributed by atoms with E-state index in [-0.39, 0.29) is 5.65 Å². The van der Waals surface area contributed by atoms with Gasteiger partial charge in [0.2, 0.25) is 0 Å². The molecular formula is C22H10Cl2F3N5O2. The number of rotatable bonds is 3. The van der Waals surface area contributed by atoms with Crippen molar-refractivity contribution in [2.75, 3.05) is 0 Å². The van der Waals surface area contributed by atoms with Crippen molar-refractivity contribution in [3.63, 3.8) is 0 Å². The quantitative estimate of drug-likeness (QED) is 0.309. The third-order valence-electron chi connectivity index (χ3n) is 4.96. The van der Waals surface area contributed by atoms with Crippen LogP contribution in [0.2, 0.25) is 10.0 Å². The lowest BCUT2D eigenvalue weighted by molar-refractivity contribution is -0.142. The van der Waals surface area contributed by atoms with Gasteiger partial charge in [0.05, 0.1) is 6.20 Å². The second-order valence-corrected chi connectivity index (χ2v) is 7.98. The summed E-state index contributed by atoms with van der Waals surface area (Å²) in [7, 11) is 0. The minimum absolute atomic E-state index is 0.0825. The SMILES string of the molecule is O=c1c(-c2cc(C(F)(F)F)no2)nnc2c(-c3ccc(Cl)cc3)c(-c3ccc(Cl)cc3)cnn12. The van der Waals surface area contributed by atoms with Gasteiger partial charge >= 0.3 is 11.7 Å². The van der Waals surface area contributed by atoms with E-state index < -0.39 is 28.9 Å². The average Bonchev–Trinajstić information content (AvgIpc) is 3.31. The van der Waals surface area contributed by atoms with E-state index in [1.807, 2.05) is 0 Å². The van der Waals surface area contributed by atoms with Gasteiger partial charge in [-0.2, -0.15) is 22.8 Å². The van der Waals surface area contributed by atoms with Gasteiger partial charge in [-0.25, -0.2) is 0 Å². The number of hydrogen-bond acceptors (Lipinski definition) is 6. The molecule has 0 aliphatic carbocycles. The van der Waals surface area contributed by atoms with Gasteiger partial charge in [0.25, 0.3) is 0 Å². The fraction of sp³-hybridized carbons (Fsp3) is 0.0455. The van der Waals surface area contributed by atoms with Gasteiger partial charge in [-0.05, 0) is 35.4 Å². The molecule has 0 N–H and O–H groups in total. The van der Waals surface area contributed by atoms with E-state index in [0.29, 0.717) is 32.8 Å². The van der Waals surface area contributed by atoms with Crippen molar-refractivity contribution in [2.45, 2.75) is 6.18 Å². The predicted octanol–water partition coefficient (Wildman–Crippen LogP) is 5.80. The monoisotopic (exact) mass is 503 g/mol. The molecule has 0 unspecified atom stereocenters. The Labute approximate surface area is 198 Å². The third-order valence-corrected chi connectivity index (χ3v) is 5.46. The Hall–Kier alpha value is -3.76. The standard InChI is InChI=1S/C22H10Cl2F3N5O2/c23-13-5-1-11(2-6-13)15-10-28-32-20(18(15)12-3-7-14(24)8-4-12)30-29-19(21(32)33)16-9-17(31-34-16)22(25,26)27/h1-10H. The summed E-state index contributed by atoms with van der Waals surface area (Å²) >= 11 is 12.0. The molecular weight excluding hydrogens is 494 g/mol. The highest BCUT2D eigenvalue weighted by Crippen LogP contribution is 2.35. The summed E-state index contributed by atoms with van der Waals surface area (Å²) < 4.78 is 44.3. The van der Waals surface area contributed by atoms with Crippen LogP contribution in [-0.4, -0.2) is 25.0 Å². The second-order valence-electron chi connectivity index (χ2n) is 7.11. The summed E-state index contributed by atoms with van der Waals surface area (Å²) in [6.07, 6.45) is -3.29. The molecule has 0 atom stereocenters. The van der Waals surface area contributed by atoms with Crippen LogP contribution in [-0.2, 0) is 6.18 Å². The topological polar surface area (TPSA) is 86.2 Å². The highest BCUT2D eigenvalue weighted by Gasteiger charge is 2.36. The smallest absolute Gasteiger partial charge is 0.354 e. The van der Waals surface area contributed by atoms with Crippen molar-refractivity contribution < 1.29 is 17.7 Å². The van der Waals surface area contributed by atoms with Crippen LogP contribution in [0.3, 0.4) is 0 Å². The van der Waals surface area contributed by atoms with Gasteiger partial charge in [-0.3, -0.25) is 4.79 Å². The molecule has 5 aromatic rings. The number of alkyl halides is 3. The lowest BCUT2D eigenvalue weighted by atomic mass is 9.97. The molecule has 0 saturated carbocycles. The maximum Gasteiger partial charge on any atom is 0.436 e. The largest absolute Gasteiger partial charge is 0.436 e. The molecule has 0 aliphatic heterocycles. The molecule has 2 aromatic carbocycles. The van der Waals surface area contributed by atoms with Crippen LogP contribution in [0.25, 0.3) is 39.4 Å². The molecule has 0 aliphatic rings. The summed E-state index contributed by atoms with van der Waals surface area (Å²) in [5, 5.41) is 16.2. The third kappa shape index (κ3) is 3.91. The summed E-state index contributed by atoms with van der Waals surface area (Å²) in [6, 6.07) is 14.4. The van der Waals surface area contributed by atoms with Gasteiger partial charge in [0.1, 0.15) is 0 Å². The number of benzene rings is 2. The Morgan fingerprint density at radius 2 is 1.50 bits per heavy atom. The summed E-state index contributed by atoms with van der Waals surface area (Å²) in [6.45, 7) is 0. The minimum atomic E-state index is -4.74. The highest BCUT2D eigenvalue weighted by atomic mass is 35.5. The first-order valence-corrected chi connectivity index (χ1v) is 10.3. The lowest BCUT2D eigenvalue weighted by Crippen LogP contribution is -2.22. The number of hydrogen-bond donors (Lipinski definition) is 0. The van der Waals surface area contributed by atoms with Gasteiger partial charge in [-0.1, -0.05) is 52.6 Å². The first kappa shape index (κ1) is 22.1. The van der Waals surface area contributed by atoms with Crippen LogP contribution >= 0.6 is 23.2 Å². The normalized spacial score (nSPS) is 11.8. The van der Waals surface area contributed by atoms with E-state index in [1.54, 1.807) is 48.5 Å². The molecule has 170 valence electrons. The summed E-state index contributed by atoms with van der Waals surface area (Å²) in [5.74, 6) is -0.476. The van der Waals surface area contributed by atoms with Crippen molar-refractivity contribution in [1.29, 1.82) is 0 Å². The fourth-order valence-electron chi connectivity index (χ4n) is 3.37. The molecule has 12 heteroatoms. The Bertz CT molecular complexity index is 1580. The van der Waals surface area contributed by atoms with Crippen LogP contribution in [0, 0.1) is 0 Å². The van der Waals surface area contributed by atoms with Crippen LogP contribution in [0.4, 0.5) is 13.2 Å². The van der Waals surface area contributed by atoms with E-state index >= 15 is 0 Å². The molecule has 0 radical (unpaired) electrons. The van der Waals surface area contributed by atoms with Crippen molar-refractivity contribution in [3.05, 3.63) is 86.9 Å². The van der Waals surface area contributed by atoms with Crippen LogP contribution < -0.4 is 5.56 Å². The zero-order valence-electron chi connectivity index (χ0n) is 16.7. The zero-order valence-corrected chi connectivity index (χ0v) is 18.2. The molecule has 0 bridgehead atoms. The number of aromatic nitrogens is 5. The number of fused-ring (bicyclic) bond motifs is 1.